The number of hydrogen-bond donors (Lipinski definition) is 2. The topological polar surface area (TPSA) is 47.3 Å². The van der Waals surface area contributed by atoms with Crippen molar-refractivity contribution in [2.24, 2.45) is 11.8 Å². The van der Waals surface area contributed by atoms with Gasteiger partial charge in [0, 0.05) is 11.1 Å². The van der Waals surface area contributed by atoms with E-state index in [0.717, 1.165) is 22.8 Å². The molecule has 3 N–H and O–H groups in total. The Labute approximate surface area is 120 Å². The highest BCUT2D eigenvalue weighted by atomic mass is 35.5. The van der Waals surface area contributed by atoms with E-state index < -0.39 is 0 Å². The van der Waals surface area contributed by atoms with Crippen LogP contribution in [0.25, 0.3) is 0 Å². The molecular formula is C15H23ClN2O. The normalized spacial score (nSPS) is 18.3. The fraction of sp³-hybridized carbons (Fsp3) is 0.600. The summed E-state index contributed by atoms with van der Waals surface area (Å²) in [5.41, 5.74) is 4.12. The fourth-order valence-corrected chi connectivity index (χ4v) is 3.24. The van der Waals surface area contributed by atoms with Crippen molar-refractivity contribution >= 4 is 11.6 Å². The number of ether oxygens (including phenoxy) is 1. The van der Waals surface area contributed by atoms with Crippen LogP contribution in [-0.4, -0.2) is 13.2 Å². The molecule has 0 spiro atoms. The number of hydrazine groups is 1. The lowest BCUT2D eigenvalue weighted by atomic mass is 9.82. The number of rotatable bonds is 5. The Morgan fingerprint density at radius 2 is 2.11 bits per heavy atom. The maximum absolute atomic E-state index is 6.08. The predicted molar refractivity (Wildman–Crippen MR) is 79.4 cm³/mol. The number of hydrogen-bond acceptors (Lipinski definition) is 3. The molecule has 106 valence electrons. The second-order valence-electron chi connectivity index (χ2n) is 5.33. The Bertz CT molecular complexity index is 405. The van der Waals surface area contributed by atoms with Gasteiger partial charge in [0.2, 0.25) is 0 Å². The third kappa shape index (κ3) is 3.85. The monoisotopic (exact) mass is 282 g/mol. The number of nitrogens with two attached hydrogens (primary N) is 1. The summed E-state index contributed by atoms with van der Waals surface area (Å²) in [5, 5.41) is 0.746. The SMILES string of the molecule is COc1ccc(Cl)cc1CC(NN)C1CCCCC1. The Balaban J connectivity index is 2.10. The molecule has 0 bridgehead atoms. The molecule has 4 heteroatoms. The molecule has 19 heavy (non-hydrogen) atoms. The van der Waals surface area contributed by atoms with Crippen molar-refractivity contribution in [3.05, 3.63) is 28.8 Å². The van der Waals surface area contributed by atoms with Gasteiger partial charge in [-0.15, -0.1) is 0 Å². The molecule has 1 aliphatic carbocycles. The quantitative estimate of drug-likeness (QED) is 0.643. The van der Waals surface area contributed by atoms with Crippen LogP contribution >= 0.6 is 11.6 Å². The molecule has 1 fully saturated rings. The predicted octanol–water partition coefficient (Wildman–Crippen LogP) is 3.30. The standard InChI is InChI=1S/C15H23ClN2O/c1-19-15-8-7-13(16)9-12(15)10-14(18-17)11-5-3-2-4-6-11/h7-9,11,14,18H,2-6,10,17H2,1H3. The van der Waals surface area contributed by atoms with Crippen molar-refractivity contribution in [3.63, 3.8) is 0 Å². The number of halogens is 1. The van der Waals surface area contributed by atoms with Gasteiger partial charge < -0.3 is 4.74 Å². The molecule has 0 aliphatic heterocycles. The molecule has 0 heterocycles. The summed E-state index contributed by atoms with van der Waals surface area (Å²) in [7, 11) is 1.69. The van der Waals surface area contributed by atoms with Crippen molar-refractivity contribution < 1.29 is 4.74 Å². The van der Waals surface area contributed by atoms with Crippen LogP contribution in [0.1, 0.15) is 37.7 Å². The van der Waals surface area contributed by atoms with E-state index in [4.69, 9.17) is 22.2 Å². The maximum Gasteiger partial charge on any atom is 0.122 e. The molecule has 0 aromatic heterocycles. The van der Waals surface area contributed by atoms with Gasteiger partial charge in [0.1, 0.15) is 5.75 Å². The van der Waals surface area contributed by atoms with Gasteiger partial charge >= 0.3 is 0 Å². The molecule has 1 aliphatic rings. The Morgan fingerprint density at radius 1 is 1.37 bits per heavy atom. The van der Waals surface area contributed by atoms with E-state index in [1.807, 2.05) is 18.2 Å². The van der Waals surface area contributed by atoms with E-state index in [0.29, 0.717) is 12.0 Å². The van der Waals surface area contributed by atoms with Crippen molar-refractivity contribution in [1.82, 2.24) is 5.43 Å². The van der Waals surface area contributed by atoms with Crippen LogP contribution in [0.4, 0.5) is 0 Å². The first kappa shape index (κ1) is 14.6. The van der Waals surface area contributed by atoms with Gasteiger partial charge in [0.25, 0.3) is 0 Å². The highest BCUT2D eigenvalue weighted by Gasteiger charge is 2.23. The van der Waals surface area contributed by atoms with Crippen molar-refractivity contribution in [1.29, 1.82) is 0 Å². The lowest BCUT2D eigenvalue weighted by molar-refractivity contribution is 0.267. The van der Waals surface area contributed by atoms with E-state index in [-0.39, 0.29) is 0 Å². The molecule has 1 atom stereocenters. The zero-order valence-electron chi connectivity index (χ0n) is 11.5. The van der Waals surface area contributed by atoms with Crippen molar-refractivity contribution in [2.45, 2.75) is 44.6 Å². The molecule has 0 saturated heterocycles. The van der Waals surface area contributed by atoms with Crippen molar-refractivity contribution in [2.75, 3.05) is 7.11 Å². The summed E-state index contributed by atoms with van der Waals surface area (Å²) < 4.78 is 5.41. The summed E-state index contributed by atoms with van der Waals surface area (Å²) in [6.07, 6.45) is 7.37. The molecule has 1 saturated carbocycles. The third-order valence-electron chi connectivity index (χ3n) is 4.12. The van der Waals surface area contributed by atoms with Crippen LogP contribution in [0, 0.1) is 5.92 Å². The largest absolute Gasteiger partial charge is 0.496 e. The smallest absolute Gasteiger partial charge is 0.122 e. The summed E-state index contributed by atoms with van der Waals surface area (Å²) in [6.45, 7) is 0. The van der Waals surface area contributed by atoms with Crippen LogP contribution in [0.5, 0.6) is 5.75 Å². The van der Waals surface area contributed by atoms with E-state index in [1.54, 1.807) is 7.11 Å². The lowest BCUT2D eigenvalue weighted by Crippen LogP contribution is -2.43. The minimum atomic E-state index is 0.299. The van der Waals surface area contributed by atoms with Gasteiger partial charge in [-0.3, -0.25) is 11.3 Å². The van der Waals surface area contributed by atoms with E-state index in [2.05, 4.69) is 5.43 Å². The molecule has 1 aromatic carbocycles. The van der Waals surface area contributed by atoms with Gasteiger partial charge in [0.05, 0.1) is 7.11 Å². The minimum absolute atomic E-state index is 0.299. The summed E-state index contributed by atoms with van der Waals surface area (Å²) in [6, 6.07) is 6.06. The van der Waals surface area contributed by atoms with Crippen LogP contribution in [0.3, 0.4) is 0 Å². The molecule has 0 radical (unpaired) electrons. The molecule has 1 unspecified atom stereocenters. The van der Waals surface area contributed by atoms with E-state index in [9.17, 15) is 0 Å². The summed E-state index contributed by atoms with van der Waals surface area (Å²) in [4.78, 5) is 0. The van der Waals surface area contributed by atoms with Crippen molar-refractivity contribution in [3.8, 4) is 5.75 Å². The van der Waals surface area contributed by atoms with Gasteiger partial charge in [-0.1, -0.05) is 30.9 Å². The highest BCUT2D eigenvalue weighted by molar-refractivity contribution is 6.30. The number of benzene rings is 1. The molecular weight excluding hydrogens is 260 g/mol. The molecule has 0 amide bonds. The average Bonchev–Trinajstić information content (AvgIpc) is 2.46. The van der Waals surface area contributed by atoms with Crippen LogP contribution < -0.4 is 16.0 Å². The Hall–Kier alpha value is -0.770. The first-order valence-electron chi connectivity index (χ1n) is 7.03. The van der Waals surface area contributed by atoms with Crippen LogP contribution in [0.15, 0.2) is 18.2 Å². The van der Waals surface area contributed by atoms with E-state index >= 15 is 0 Å². The molecule has 1 aromatic rings. The number of methoxy groups -OCH3 is 1. The average molecular weight is 283 g/mol. The first-order valence-corrected chi connectivity index (χ1v) is 7.41. The zero-order valence-corrected chi connectivity index (χ0v) is 12.2. The minimum Gasteiger partial charge on any atom is -0.496 e. The van der Waals surface area contributed by atoms with E-state index in [1.165, 1.54) is 32.1 Å². The van der Waals surface area contributed by atoms with Gasteiger partial charge in [-0.25, -0.2) is 0 Å². The number of nitrogens with one attached hydrogen (secondary N) is 1. The third-order valence-corrected chi connectivity index (χ3v) is 4.35. The Kier molecular flexibility index (Phi) is 5.49. The zero-order chi connectivity index (χ0) is 13.7. The van der Waals surface area contributed by atoms with Gasteiger partial charge in [-0.2, -0.15) is 0 Å². The van der Waals surface area contributed by atoms with Gasteiger partial charge in [-0.05, 0) is 48.9 Å². The second kappa shape index (κ2) is 7.13. The summed E-state index contributed by atoms with van der Waals surface area (Å²) >= 11 is 6.08. The maximum atomic E-state index is 6.08. The summed E-state index contributed by atoms with van der Waals surface area (Å²) in [5.74, 6) is 7.30. The highest BCUT2D eigenvalue weighted by Crippen LogP contribution is 2.30. The molecule has 2 rings (SSSR count). The first-order chi connectivity index (χ1) is 9.24. The second-order valence-corrected chi connectivity index (χ2v) is 5.77. The Morgan fingerprint density at radius 3 is 2.74 bits per heavy atom. The fourth-order valence-electron chi connectivity index (χ4n) is 3.04. The van der Waals surface area contributed by atoms with Gasteiger partial charge in [0.15, 0.2) is 0 Å². The molecule has 3 nitrogen and oxygen atoms in total. The van der Waals surface area contributed by atoms with Crippen LogP contribution in [-0.2, 0) is 6.42 Å². The lowest BCUT2D eigenvalue weighted by Gasteiger charge is -2.30. The van der Waals surface area contributed by atoms with Crippen LogP contribution in [0.2, 0.25) is 5.02 Å².